The largest absolute Gasteiger partial charge is 1.00 e. The SMILES string of the molecule is CC[NH+](CC)CCOC(=O)CN(S(C)(=O)=O)S(=O)(=O)c1ccccc1.[Cl-]. The van der Waals surface area contributed by atoms with Crippen molar-refractivity contribution < 1.29 is 43.7 Å². The van der Waals surface area contributed by atoms with Gasteiger partial charge in [0, 0.05) is 0 Å². The van der Waals surface area contributed by atoms with Crippen molar-refractivity contribution in [2.45, 2.75) is 18.7 Å². The number of benzene rings is 1. The second-order valence-corrected chi connectivity index (χ2v) is 9.44. The van der Waals surface area contributed by atoms with Gasteiger partial charge in [-0.05, 0) is 26.0 Å². The monoisotopic (exact) mass is 428 g/mol. The van der Waals surface area contributed by atoms with E-state index >= 15 is 0 Å². The number of sulfonamides is 2. The Labute approximate surface area is 161 Å². The van der Waals surface area contributed by atoms with Crippen LogP contribution in [-0.2, 0) is 29.6 Å². The molecule has 0 atom stereocenters. The molecule has 1 aromatic carbocycles. The van der Waals surface area contributed by atoms with E-state index in [0.717, 1.165) is 19.3 Å². The predicted molar refractivity (Wildman–Crippen MR) is 93.0 cm³/mol. The van der Waals surface area contributed by atoms with Crippen molar-refractivity contribution in [1.29, 1.82) is 0 Å². The van der Waals surface area contributed by atoms with Crippen molar-refractivity contribution in [1.82, 2.24) is 3.71 Å². The second-order valence-electron chi connectivity index (χ2n) is 5.44. The van der Waals surface area contributed by atoms with Crippen molar-refractivity contribution in [3.8, 4) is 0 Å². The van der Waals surface area contributed by atoms with E-state index in [1.165, 1.54) is 29.2 Å². The van der Waals surface area contributed by atoms with Crippen molar-refractivity contribution in [2.24, 2.45) is 0 Å². The van der Waals surface area contributed by atoms with E-state index in [4.69, 9.17) is 4.74 Å². The molecule has 0 saturated heterocycles. The van der Waals surface area contributed by atoms with E-state index in [1.54, 1.807) is 6.07 Å². The fourth-order valence-electron chi connectivity index (χ4n) is 2.15. The Bertz CT molecular complexity index is 765. The van der Waals surface area contributed by atoms with Gasteiger partial charge < -0.3 is 22.0 Å². The molecule has 8 nitrogen and oxygen atoms in total. The molecule has 0 unspecified atom stereocenters. The first-order valence-electron chi connectivity index (χ1n) is 7.90. The fraction of sp³-hybridized carbons (Fsp3) is 0.533. The summed E-state index contributed by atoms with van der Waals surface area (Å²) in [7, 11) is -8.54. The first kappa shape index (κ1) is 24.8. The van der Waals surface area contributed by atoms with Crippen molar-refractivity contribution >= 4 is 26.0 Å². The van der Waals surface area contributed by atoms with Gasteiger partial charge in [0.15, 0.2) is 0 Å². The molecule has 0 amide bonds. The van der Waals surface area contributed by atoms with E-state index < -0.39 is 32.6 Å². The van der Waals surface area contributed by atoms with Gasteiger partial charge in [0.05, 0.1) is 24.2 Å². The number of halogens is 1. The Balaban J connectivity index is 0.00000625. The average molecular weight is 429 g/mol. The van der Waals surface area contributed by atoms with Crippen molar-refractivity contribution in [3.05, 3.63) is 30.3 Å². The third-order valence-electron chi connectivity index (χ3n) is 3.66. The summed E-state index contributed by atoms with van der Waals surface area (Å²) in [5.74, 6) is -0.906. The molecule has 0 heterocycles. The summed E-state index contributed by atoms with van der Waals surface area (Å²) in [6.07, 6.45) is 0.737. The zero-order valence-electron chi connectivity index (χ0n) is 15.0. The summed E-state index contributed by atoms with van der Waals surface area (Å²) in [4.78, 5) is 12.9. The van der Waals surface area contributed by atoms with Crippen LogP contribution >= 0.6 is 0 Å². The highest BCUT2D eigenvalue weighted by Gasteiger charge is 2.34. The predicted octanol–water partition coefficient (Wildman–Crippen LogP) is -3.89. The second kappa shape index (κ2) is 10.8. The quantitative estimate of drug-likeness (QED) is 0.382. The summed E-state index contributed by atoms with van der Waals surface area (Å²) in [6.45, 7) is 5.51. The summed E-state index contributed by atoms with van der Waals surface area (Å²) < 4.78 is 54.0. The van der Waals surface area contributed by atoms with E-state index in [0.29, 0.717) is 6.54 Å². The van der Waals surface area contributed by atoms with Crippen molar-refractivity contribution in [3.63, 3.8) is 0 Å². The molecule has 1 aromatic rings. The molecule has 0 saturated carbocycles. The Morgan fingerprint density at radius 3 is 2.08 bits per heavy atom. The van der Waals surface area contributed by atoms with Crippen LogP contribution in [0.25, 0.3) is 0 Å². The number of nitrogens with zero attached hydrogens (tertiary/aromatic N) is 1. The van der Waals surface area contributed by atoms with E-state index in [2.05, 4.69) is 0 Å². The molecule has 1 rings (SSSR count). The van der Waals surface area contributed by atoms with Crippen LogP contribution in [0.5, 0.6) is 0 Å². The third kappa shape index (κ3) is 7.20. The first-order valence-corrected chi connectivity index (χ1v) is 11.2. The number of hydrogen-bond acceptors (Lipinski definition) is 6. The molecule has 0 aliphatic rings. The maximum absolute atomic E-state index is 12.5. The molecule has 0 bridgehead atoms. The number of likely N-dealkylation sites (N-methyl/N-ethyl adjacent to an activating group) is 1. The normalized spacial score (nSPS) is 12.0. The third-order valence-corrected chi connectivity index (χ3v) is 7.46. The van der Waals surface area contributed by atoms with Crippen molar-refractivity contribution in [2.75, 3.05) is 39.0 Å². The minimum atomic E-state index is -4.37. The van der Waals surface area contributed by atoms with Gasteiger partial charge >= 0.3 is 5.97 Å². The summed E-state index contributed by atoms with van der Waals surface area (Å²) in [5, 5.41) is 0. The Kier molecular flexibility index (Phi) is 10.3. The average Bonchev–Trinajstić information content (AvgIpc) is 2.56. The van der Waals surface area contributed by atoms with Crippen LogP contribution < -0.4 is 17.3 Å². The first-order chi connectivity index (χ1) is 11.6. The number of nitrogens with one attached hydrogen (secondary N) is 1. The topological polar surface area (TPSA) is 102 Å². The molecule has 0 aromatic heterocycles. The Morgan fingerprint density at radius 1 is 1.08 bits per heavy atom. The van der Waals surface area contributed by atoms with Crippen LogP contribution in [0.4, 0.5) is 0 Å². The van der Waals surface area contributed by atoms with Gasteiger partial charge in [0.2, 0.25) is 10.0 Å². The van der Waals surface area contributed by atoms with Crippen LogP contribution in [0, 0.1) is 0 Å². The lowest BCUT2D eigenvalue weighted by molar-refractivity contribution is -0.896. The molecule has 0 radical (unpaired) electrons. The van der Waals surface area contributed by atoms with Crippen LogP contribution in [0.2, 0.25) is 0 Å². The summed E-state index contributed by atoms with van der Waals surface area (Å²) in [6, 6.07) is 7.08. The molecular weight excluding hydrogens is 404 g/mol. The van der Waals surface area contributed by atoms with Gasteiger partial charge in [-0.2, -0.15) is 0 Å². The van der Waals surface area contributed by atoms with Gasteiger partial charge in [0.1, 0.15) is 19.7 Å². The number of carbonyl (C=O) groups excluding carboxylic acids is 1. The van der Waals surface area contributed by atoms with Crippen LogP contribution in [0.3, 0.4) is 0 Å². The lowest BCUT2D eigenvalue weighted by Gasteiger charge is -2.19. The van der Waals surface area contributed by atoms with Crippen LogP contribution in [0.1, 0.15) is 13.8 Å². The Hall–Kier alpha value is -1.20. The van der Waals surface area contributed by atoms with E-state index in [1.807, 2.05) is 13.8 Å². The highest BCUT2D eigenvalue weighted by Crippen LogP contribution is 2.18. The molecule has 150 valence electrons. The molecular formula is C15H25ClN2O6S2. The lowest BCUT2D eigenvalue weighted by Crippen LogP contribution is -3.11. The molecule has 0 spiro atoms. The van der Waals surface area contributed by atoms with Gasteiger partial charge in [-0.3, -0.25) is 4.79 Å². The minimum Gasteiger partial charge on any atom is -1.00 e. The molecule has 0 fully saturated rings. The number of ether oxygens (including phenoxy) is 1. The highest BCUT2D eigenvalue weighted by atomic mass is 35.5. The molecule has 1 N–H and O–H groups in total. The smallest absolute Gasteiger partial charge is 0.322 e. The highest BCUT2D eigenvalue weighted by molar-refractivity contribution is 8.03. The molecule has 0 aliphatic carbocycles. The number of carbonyl (C=O) groups is 1. The van der Waals surface area contributed by atoms with Gasteiger partial charge in [-0.1, -0.05) is 21.9 Å². The van der Waals surface area contributed by atoms with E-state index in [-0.39, 0.29) is 27.6 Å². The maximum Gasteiger partial charge on any atom is 0.322 e. The van der Waals surface area contributed by atoms with Gasteiger partial charge in [0.25, 0.3) is 10.0 Å². The zero-order valence-corrected chi connectivity index (χ0v) is 17.4. The number of esters is 1. The number of quaternary nitrogens is 1. The van der Waals surface area contributed by atoms with E-state index in [9.17, 15) is 21.6 Å². The van der Waals surface area contributed by atoms with Crippen LogP contribution in [-0.4, -0.2) is 65.6 Å². The van der Waals surface area contributed by atoms with Gasteiger partial charge in [-0.15, -0.1) is 0 Å². The lowest BCUT2D eigenvalue weighted by atomic mass is 10.4. The zero-order chi connectivity index (χ0) is 19.1. The standard InChI is InChI=1S/C15H24N2O6S2.ClH/c1-4-16(5-2)11-12-23-15(18)13-17(24(3,19)20)25(21,22)14-9-7-6-8-10-14;/h6-10H,4-5,11-13H2,1-3H3;1H. The molecule has 0 aliphatic heterocycles. The summed E-state index contributed by atoms with van der Waals surface area (Å²) in [5.41, 5.74) is 0. The minimum absolute atomic E-state index is 0. The molecule has 26 heavy (non-hydrogen) atoms. The maximum atomic E-state index is 12.5. The van der Waals surface area contributed by atoms with Gasteiger partial charge in [-0.25, -0.2) is 16.8 Å². The number of rotatable bonds is 10. The Morgan fingerprint density at radius 2 is 1.62 bits per heavy atom. The summed E-state index contributed by atoms with van der Waals surface area (Å²) >= 11 is 0. The fourth-order valence-corrected chi connectivity index (χ4v) is 5.19. The van der Waals surface area contributed by atoms with Crippen LogP contribution in [0.15, 0.2) is 35.2 Å². The number of hydrogen-bond donors (Lipinski definition) is 1. The molecule has 11 heteroatoms.